The molecule has 0 saturated heterocycles. The molecule has 0 aliphatic carbocycles. The summed E-state index contributed by atoms with van der Waals surface area (Å²) in [6.45, 7) is 3.27. The summed E-state index contributed by atoms with van der Waals surface area (Å²) >= 11 is 0. The van der Waals surface area contributed by atoms with Gasteiger partial charge in [-0.15, -0.1) is 0 Å². The molecule has 0 fully saturated rings. The van der Waals surface area contributed by atoms with Gasteiger partial charge in [0.05, 0.1) is 0 Å². The van der Waals surface area contributed by atoms with Gasteiger partial charge in [-0.05, 0) is 13.8 Å². The van der Waals surface area contributed by atoms with E-state index in [4.69, 9.17) is 13.3 Å². The monoisotopic (exact) mass is 247 g/mol. The Morgan fingerprint density at radius 1 is 0.875 bits per heavy atom. The van der Waals surface area contributed by atoms with Gasteiger partial charge in [0, 0.05) is 32.5 Å². The number of carbonyl (C=O) groups excluding carboxylic acids is 2. The highest BCUT2D eigenvalue weighted by molar-refractivity contribution is 6.36. The lowest BCUT2D eigenvalue weighted by Crippen LogP contribution is -2.22. The van der Waals surface area contributed by atoms with Crippen LogP contribution in [0.4, 0.5) is 0 Å². The molecule has 1 N–H and O–H groups in total. The Bertz CT molecular complexity index is 271. The van der Waals surface area contributed by atoms with Gasteiger partial charge < -0.3 is 13.3 Å². The fourth-order valence-electron chi connectivity index (χ4n) is 0.920. The van der Waals surface area contributed by atoms with Gasteiger partial charge in [0.2, 0.25) is 0 Å². The van der Waals surface area contributed by atoms with Crippen LogP contribution in [0.3, 0.4) is 0 Å². The summed E-state index contributed by atoms with van der Waals surface area (Å²) < 4.78 is 14.2. The van der Waals surface area contributed by atoms with Crippen molar-refractivity contribution >= 4 is 21.3 Å². The molecule has 16 heavy (non-hydrogen) atoms. The lowest BCUT2D eigenvalue weighted by atomic mass is 10.2. The number of rotatable bonds is 3. The van der Waals surface area contributed by atoms with E-state index in [0.29, 0.717) is 11.1 Å². The zero-order valence-corrected chi connectivity index (χ0v) is 11.3. The summed E-state index contributed by atoms with van der Waals surface area (Å²) in [4.78, 5) is 21.2. The largest absolute Gasteiger partial charge is 0.483 e. The number of hydrogen-bond acceptors (Lipinski definition) is 5. The zero-order valence-electron chi connectivity index (χ0n) is 10.1. The van der Waals surface area contributed by atoms with Gasteiger partial charge in [-0.3, -0.25) is 14.9 Å². The molecule has 0 aromatic rings. The molecule has 0 bridgehead atoms. The summed E-state index contributed by atoms with van der Waals surface area (Å²) in [6.07, 6.45) is 0. The van der Waals surface area contributed by atoms with E-state index in [-0.39, 0.29) is 11.8 Å². The molecule has 6 nitrogen and oxygen atoms in total. The summed E-state index contributed by atoms with van der Waals surface area (Å²) in [5.74, 6) is -0.532. The van der Waals surface area contributed by atoms with Gasteiger partial charge in [-0.25, -0.2) is 0 Å². The predicted molar refractivity (Wildman–Crippen MR) is 59.7 cm³/mol. The minimum Gasteiger partial charge on any atom is -0.379 e. The van der Waals surface area contributed by atoms with E-state index in [9.17, 15) is 9.59 Å². The molecule has 1 rings (SSSR count). The molecule has 0 aromatic heterocycles. The van der Waals surface area contributed by atoms with E-state index in [0.717, 1.165) is 0 Å². The van der Waals surface area contributed by atoms with E-state index in [1.54, 1.807) is 35.2 Å². The third-order valence-corrected chi connectivity index (χ3v) is 3.20. The Morgan fingerprint density at radius 2 is 1.19 bits per heavy atom. The average Bonchev–Trinajstić information content (AvgIpc) is 2.49. The minimum atomic E-state index is -1.67. The highest BCUT2D eigenvalue weighted by Gasteiger charge is 2.22. The second kappa shape index (κ2) is 7.28. The molecule has 0 atom stereocenters. The molecule has 0 radical (unpaired) electrons. The number of carbonyl (C=O) groups is 2. The Balaban J connectivity index is 0.000000293. The Morgan fingerprint density at radius 3 is 1.25 bits per heavy atom. The van der Waals surface area contributed by atoms with Crippen LogP contribution in [0.5, 0.6) is 0 Å². The number of imide groups is 1. The fraction of sp³-hybridized carbons (Fsp3) is 0.556. The SMILES string of the molecule is CC1=C(C)C(=O)NC1=O.CO[SiH](OC)OC. The van der Waals surface area contributed by atoms with Crippen LogP contribution in [0.2, 0.25) is 0 Å². The first kappa shape index (κ1) is 15.0. The van der Waals surface area contributed by atoms with Crippen LogP contribution in [0.15, 0.2) is 11.1 Å². The molecule has 0 aromatic carbocycles. The molecule has 0 spiro atoms. The third kappa shape index (κ3) is 4.23. The van der Waals surface area contributed by atoms with Crippen LogP contribution in [-0.2, 0) is 22.9 Å². The van der Waals surface area contributed by atoms with Crippen LogP contribution in [0, 0.1) is 0 Å². The van der Waals surface area contributed by atoms with E-state index >= 15 is 0 Å². The molecular formula is C9H17NO5Si. The second-order valence-corrected chi connectivity index (χ2v) is 5.02. The summed E-state index contributed by atoms with van der Waals surface area (Å²) in [5, 5.41) is 2.16. The van der Waals surface area contributed by atoms with Crippen LogP contribution in [0.25, 0.3) is 0 Å². The van der Waals surface area contributed by atoms with E-state index < -0.39 is 9.53 Å². The van der Waals surface area contributed by atoms with Gasteiger partial charge in [0.25, 0.3) is 11.8 Å². The first-order valence-corrected chi connectivity index (χ1v) is 6.00. The van der Waals surface area contributed by atoms with Gasteiger partial charge in [0.1, 0.15) is 0 Å². The van der Waals surface area contributed by atoms with Crippen molar-refractivity contribution in [1.82, 2.24) is 5.32 Å². The van der Waals surface area contributed by atoms with Gasteiger partial charge in [-0.2, -0.15) is 0 Å². The van der Waals surface area contributed by atoms with Crippen LogP contribution >= 0.6 is 0 Å². The molecule has 1 heterocycles. The lowest BCUT2D eigenvalue weighted by molar-refractivity contribution is -0.124. The summed E-state index contributed by atoms with van der Waals surface area (Å²) in [6, 6.07) is 0. The number of nitrogens with one attached hydrogen (secondary N) is 1. The highest BCUT2D eigenvalue weighted by Crippen LogP contribution is 2.09. The molecule has 1 aliphatic rings. The zero-order chi connectivity index (χ0) is 12.7. The van der Waals surface area contributed by atoms with Gasteiger partial charge in [0.15, 0.2) is 0 Å². The normalized spacial score (nSPS) is 15.1. The maximum absolute atomic E-state index is 10.6. The quantitative estimate of drug-likeness (QED) is 0.544. The van der Waals surface area contributed by atoms with E-state index in [1.165, 1.54) is 0 Å². The smallest absolute Gasteiger partial charge is 0.379 e. The number of amides is 2. The molecule has 0 unspecified atom stereocenters. The van der Waals surface area contributed by atoms with Crippen molar-refractivity contribution in [2.24, 2.45) is 0 Å². The topological polar surface area (TPSA) is 73.9 Å². The minimum absolute atomic E-state index is 0.266. The molecular weight excluding hydrogens is 230 g/mol. The third-order valence-electron chi connectivity index (χ3n) is 2.05. The first-order valence-electron chi connectivity index (χ1n) is 4.59. The van der Waals surface area contributed by atoms with Crippen molar-refractivity contribution < 1.29 is 22.9 Å². The lowest BCUT2D eigenvalue weighted by Gasteiger charge is -2.05. The van der Waals surface area contributed by atoms with Crippen molar-refractivity contribution in [2.45, 2.75) is 13.8 Å². The van der Waals surface area contributed by atoms with Crippen molar-refractivity contribution in [1.29, 1.82) is 0 Å². The Labute approximate surface area is 96.5 Å². The molecule has 92 valence electrons. The molecule has 1 aliphatic heterocycles. The predicted octanol–water partition coefficient (Wildman–Crippen LogP) is -0.378. The second-order valence-electron chi connectivity index (χ2n) is 3.03. The Hall–Kier alpha value is -1.02. The van der Waals surface area contributed by atoms with Crippen molar-refractivity contribution in [3.8, 4) is 0 Å². The average molecular weight is 247 g/mol. The number of hydrogen-bond donors (Lipinski definition) is 1. The van der Waals surface area contributed by atoms with E-state index in [1.807, 2.05) is 0 Å². The van der Waals surface area contributed by atoms with Crippen LogP contribution in [-0.4, -0.2) is 42.7 Å². The standard InChI is InChI=1S/C6H7NO2.C3H10O3Si/c1-3-4(2)6(9)7-5(3)8;1-4-7(5-2)6-3/h1-2H3,(H,7,8,9);7H,1-3H3. The van der Waals surface area contributed by atoms with Gasteiger partial charge in [-0.1, -0.05) is 0 Å². The van der Waals surface area contributed by atoms with Crippen molar-refractivity contribution in [3.05, 3.63) is 11.1 Å². The Kier molecular flexibility index (Phi) is 6.82. The van der Waals surface area contributed by atoms with Crippen molar-refractivity contribution in [3.63, 3.8) is 0 Å². The fourth-order valence-corrected chi connectivity index (χ4v) is 1.50. The molecule has 0 saturated carbocycles. The molecule has 2 amide bonds. The highest BCUT2D eigenvalue weighted by atomic mass is 28.3. The van der Waals surface area contributed by atoms with Crippen LogP contribution in [0.1, 0.15) is 13.8 Å². The van der Waals surface area contributed by atoms with Gasteiger partial charge >= 0.3 is 9.53 Å². The molecule has 7 heteroatoms. The summed E-state index contributed by atoms with van der Waals surface area (Å²) in [7, 11) is 3.05. The summed E-state index contributed by atoms with van der Waals surface area (Å²) in [5.41, 5.74) is 1.06. The van der Waals surface area contributed by atoms with E-state index in [2.05, 4.69) is 5.32 Å². The maximum Gasteiger partial charge on any atom is 0.483 e. The first-order chi connectivity index (χ1) is 7.47. The maximum atomic E-state index is 10.6. The van der Waals surface area contributed by atoms with Crippen LogP contribution < -0.4 is 5.32 Å². The van der Waals surface area contributed by atoms with Crippen molar-refractivity contribution in [2.75, 3.05) is 21.3 Å².